The molecular formula is C10H22N2O2. The van der Waals surface area contributed by atoms with E-state index in [0.29, 0.717) is 19.6 Å². The van der Waals surface area contributed by atoms with Gasteiger partial charge in [0.25, 0.3) is 0 Å². The average molecular weight is 202 g/mol. The lowest BCUT2D eigenvalue weighted by Crippen LogP contribution is -2.37. The molecule has 0 aromatic carbocycles. The van der Waals surface area contributed by atoms with Crippen molar-refractivity contribution in [1.82, 2.24) is 4.90 Å². The monoisotopic (exact) mass is 202 g/mol. The number of ether oxygens (including phenoxy) is 1. The van der Waals surface area contributed by atoms with Crippen molar-refractivity contribution in [3.8, 4) is 0 Å². The zero-order valence-corrected chi connectivity index (χ0v) is 9.45. The van der Waals surface area contributed by atoms with E-state index in [2.05, 4.69) is 0 Å². The maximum atomic E-state index is 11.6. The third-order valence-corrected chi connectivity index (χ3v) is 2.26. The molecule has 0 heterocycles. The molecule has 0 bridgehead atoms. The molecule has 1 amide bonds. The fourth-order valence-electron chi connectivity index (χ4n) is 1.16. The van der Waals surface area contributed by atoms with Gasteiger partial charge in [0.05, 0.1) is 6.61 Å². The van der Waals surface area contributed by atoms with E-state index < -0.39 is 0 Å². The van der Waals surface area contributed by atoms with E-state index in [0.717, 1.165) is 13.0 Å². The topological polar surface area (TPSA) is 55.6 Å². The number of carbonyl (C=O) groups is 1. The van der Waals surface area contributed by atoms with Crippen LogP contribution in [0.2, 0.25) is 0 Å². The van der Waals surface area contributed by atoms with Gasteiger partial charge in [0.2, 0.25) is 5.91 Å². The van der Waals surface area contributed by atoms with Crippen LogP contribution in [-0.4, -0.2) is 43.7 Å². The minimum absolute atomic E-state index is 0.0147. The summed E-state index contributed by atoms with van der Waals surface area (Å²) in [5, 5.41) is 0. The first-order chi connectivity index (χ1) is 6.65. The van der Waals surface area contributed by atoms with Crippen LogP contribution in [0, 0.1) is 0 Å². The summed E-state index contributed by atoms with van der Waals surface area (Å²) in [6, 6.07) is -0.0147. The smallest absolute Gasteiger partial charge is 0.224 e. The van der Waals surface area contributed by atoms with Crippen LogP contribution < -0.4 is 5.73 Å². The van der Waals surface area contributed by atoms with E-state index in [1.54, 1.807) is 12.0 Å². The highest BCUT2D eigenvalue weighted by Gasteiger charge is 2.13. The molecule has 4 heteroatoms. The predicted molar refractivity (Wildman–Crippen MR) is 57.0 cm³/mol. The van der Waals surface area contributed by atoms with Gasteiger partial charge < -0.3 is 15.4 Å². The van der Waals surface area contributed by atoms with Crippen LogP contribution in [0.4, 0.5) is 0 Å². The van der Waals surface area contributed by atoms with E-state index in [-0.39, 0.29) is 11.9 Å². The number of likely N-dealkylation sites (N-methyl/N-ethyl adjacent to an activating group) is 1. The summed E-state index contributed by atoms with van der Waals surface area (Å²) in [7, 11) is 1.64. The molecule has 84 valence electrons. The number of rotatable bonds is 7. The van der Waals surface area contributed by atoms with E-state index in [1.165, 1.54) is 0 Å². The molecule has 0 aromatic rings. The Morgan fingerprint density at radius 1 is 1.50 bits per heavy atom. The van der Waals surface area contributed by atoms with Crippen molar-refractivity contribution in [3.05, 3.63) is 0 Å². The molecule has 0 fully saturated rings. The van der Waals surface area contributed by atoms with Gasteiger partial charge in [0, 0.05) is 32.7 Å². The fraction of sp³-hybridized carbons (Fsp3) is 0.900. The molecule has 1 unspecified atom stereocenters. The van der Waals surface area contributed by atoms with Crippen LogP contribution in [0.15, 0.2) is 0 Å². The summed E-state index contributed by atoms with van der Waals surface area (Å²) in [6.07, 6.45) is 1.28. The number of hydrogen-bond acceptors (Lipinski definition) is 3. The van der Waals surface area contributed by atoms with Crippen LogP contribution in [0.5, 0.6) is 0 Å². The first kappa shape index (κ1) is 13.4. The highest BCUT2D eigenvalue weighted by atomic mass is 16.5. The number of methoxy groups -OCH3 is 1. The van der Waals surface area contributed by atoms with Crippen LogP contribution in [0.3, 0.4) is 0 Å². The Kier molecular flexibility index (Phi) is 7.42. The van der Waals surface area contributed by atoms with E-state index in [4.69, 9.17) is 10.5 Å². The summed E-state index contributed by atoms with van der Waals surface area (Å²) in [6.45, 7) is 5.91. The SMILES string of the molecule is CCC(N)CC(=O)N(CC)CCOC. The molecule has 0 aliphatic carbocycles. The Balaban J connectivity index is 3.90. The number of hydrogen-bond donors (Lipinski definition) is 1. The molecule has 0 spiro atoms. The maximum Gasteiger partial charge on any atom is 0.224 e. The van der Waals surface area contributed by atoms with Gasteiger partial charge in [-0.15, -0.1) is 0 Å². The molecule has 0 rings (SSSR count). The van der Waals surface area contributed by atoms with Crippen molar-refractivity contribution in [2.24, 2.45) is 5.73 Å². The van der Waals surface area contributed by atoms with Crippen LogP contribution in [0.25, 0.3) is 0 Å². The number of amides is 1. The first-order valence-corrected chi connectivity index (χ1v) is 5.17. The first-order valence-electron chi connectivity index (χ1n) is 5.17. The van der Waals surface area contributed by atoms with Crippen molar-refractivity contribution in [1.29, 1.82) is 0 Å². The van der Waals surface area contributed by atoms with Gasteiger partial charge in [-0.05, 0) is 13.3 Å². The van der Waals surface area contributed by atoms with Crippen molar-refractivity contribution in [2.75, 3.05) is 26.8 Å². The van der Waals surface area contributed by atoms with Crippen LogP contribution in [-0.2, 0) is 9.53 Å². The molecule has 4 nitrogen and oxygen atoms in total. The van der Waals surface area contributed by atoms with Crippen molar-refractivity contribution in [2.45, 2.75) is 32.7 Å². The molecule has 0 aromatic heterocycles. The lowest BCUT2D eigenvalue weighted by molar-refractivity contribution is -0.132. The molecule has 2 N–H and O–H groups in total. The zero-order chi connectivity index (χ0) is 11.0. The summed E-state index contributed by atoms with van der Waals surface area (Å²) < 4.78 is 4.93. The maximum absolute atomic E-state index is 11.6. The summed E-state index contributed by atoms with van der Waals surface area (Å²) >= 11 is 0. The molecule has 0 aliphatic rings. The molecule has 1 atom stereocenters. The van der Waals surface area contributed by atoms with Gasteiger partial charge in [-0.1, -0.05) is 6.92 Å². The Bertz CT molecular complexity index is 162. The quantitative estimate of drug-likeness (QED) is 0.658. The van der Waals surface area contributed by atoms with E-state index in [9.17, 15) is 4.79 Å². The highest BCUT2D eigenvalue weighted by Crippen LogP contribution is 1.99. The second-order valence-electron chi connectivity index (χ2n) is 3.34. The molecular weight excluding hydrogens is 180 g/mol. The minimum atomic E-state index is -0.0147. The lowest BCUT2D eigenvalue weighted by atomic mass is 10.1. The molecule has 0 saturated carbocycles. The number of nitrogens with zero attached hydrogens (tertiary/aromatic N) is 1. The van der Waals surface area contributed by atoms with Crippen molar-refractivity contribution >= 4 is 5.91 Å². The Morgan fingerprint density at radius 3 is 2.57 bits per heavy atom. The average Bonchev–Trinajstić information content (AvgIpc) is 2.18. The van der Waals surface area contributed by atoms with Crippen molar-refractivity contribution in [3.63, 3.8) is 0 Å². The van der Waals surface area contributed by atoms with E-state index >= 15 is 0 Å². The van der Waals surface area contributed by atoms with Gasteiger partial charge in [0.1, 0.15) is 0 Å². The Morgan fingerprint density at radius 2 is 2.14 bits per heavy atom. The summed E-state index contributed by atoms with van der Waals surface area (Å²) in [5.41, 5.74) is 5.72. The van der Waals surface area contributed by atoms with Gasteiger partial charge in [0.15, 0.2) is 0 Å². The van der Waals surface area contributed by atoms with Crippen LogP contribution in [0.1, 0.15) is 26.7 Å². The summed E-state index contributed by atoms with van der Waals surface area (Å²) in [5.74, 6) is 0.124. The second-order valence-corrected chi connectivity index (χ2v) is 3.34. The highest BCUT2D eigenvalue weighted by molar-refractivity contribution is 5.76. The Labute approximate surface area is 86.4 Å². The van der Waals surface area contributed by atoms with Crippen molar-refractivity contribution < 1.29 is 9.53 Å². The number of nitrogens with two attached hydrogens (primary N) is 1. The Hall–Kier alpha value is -0.610. The largest absolute Gasteiger partial charge is 0.383 e. The normalized spacial score (nSPS) is 12.6. The molecule has 0 saturated heterocycles. The van der Waals surface area contributed by atoms with Crippen LogP contribution >= 0.6 is 0 Å². The van der Waals surface area contributed by atoms with Gasteiger partial charge >= 0.3 is 0 Å². The van der Waals surface area contributed by atoms with E-state index in [1.807, 2.05) is 13.8 Å². The number of carbonyl (C=O) groups excluding carboxylic acids is 1. The van der Waals surface area contributed by atoms with Gasteiger partial charge in [-0.3, -0.25) is 4.79 Å². The molecule has 0 radical (unpaired) electrons. The fourth-order valence-corrected chi connectivity index (χ4v) is 1.16. The standard InChI is InChI=1S/C10H22N2O2/c1-4-9(11)8-10(13)12(5-2)6-7-14-3/h9H,4-8,11H2,1-3H3. The third kappa shape index (κ3) is 5.19. The lowest BCUT2D eigenvalue weighted by Gasteiger charge is -2.21. The molecule has 0 aliphatic heterocycles. The second kappa shape index (κ2) is 7.76. The zero-order valence-electron chi connectivity index (χ0n) is 9.45. The minimum Gasteiger partial charge on any atom is -0.383 e. The summed E-state index contributed by atoms with van der Waals surface area (Å²) in [4.78, 5) is 13.4. The van der Waals surface area contributed by atoms with Gasteiger partial charge in [-0.25, -0.2) is 0 Å². The predicted octanol–water partition coefficient (Wildman–Crippen LogP) is 0.609. The molecule has 14 heavy (non-hydrogen) atoms. The van der Waals surface area contributed by atoms with Gasteiger partial charge in [-0.2, -0.15) is 0 Å². The third-order valence-electron chi connectivity index (χ3n) is 2.26.